The zero-order chi connectivity index (χ0) is 10.4. The summed E-state index contributed by atoms with van der Waals surface area (Å²) in [5.74, 6) is 4.93. The number of nitrogens with one attached hydrogen (secondary N) is 1. The van der Waals surface area contributed by atoms with E-state index < -0.39 is 0 Å². The Hall–Kier alpha value is -2.08. The Morgan fingerprint density at radius 3 is 2.93 bits per heavy atom. The Labute approximate surface area is 82.1 Å². The van der Waals surface area contributed by atoms with E-state index in [9.17, 15) is 9.59 Å². The summed E-state index contributed by atoms with van der Waals surface area (Å²) in [6.45, 7) is 1.40. The molecule has 3 nitrogen and oxygen atoms in total. The Bertz CT molecular complexity index is 413. The van der Waals surface area contributed by atoms with Crippen molar-refractivity contribution in [3.8, 4) is 11.8 Å². The number of amides is 1. The summed E-state index contributed by atoms with van der Waals surface area (Å²) in [5, 5.41) is 2.50. The second-order valence-corrected chi connectivity index (χ2v) is 2.65. The molecule has 70 valence electrons. The molecule has 0 aliphatic carbocycles. The van der Waals surface area contributed by atoms with Crippen LogP contribution in [0, 0.1) is 11.8 Å². The van der Waals surface area contributed by atoms with Crippen LogP contribution in [0.4, 0.5) is 5.69 Å². The third-order valence-corrected chi connectivity index (χ3v) is 1.47. The first kappa shape index (κ1) is 10.0. The number of hydrogen-bond donors (Lipinski definition) is 1. The summed E-state index contributed by atoms with van der Waals surface area (Å²) >= 11 is 0. The van der Waals surface area contributed by atoms with Crippen molar-refractivity contribution in [1.82, 2.24) is 0 Å². The third kappa shape index (κ3) is 3.11. The minimum atomic E-state index is -0.182. The van der Waals surface area contributed by atoms with Crippen molar-refractivity contribution in [1.29, 1.82) is 0 Å². The van der Waals surface area contributed by atoms with Crippen LogP contribution < -0.4 is 5.32 Å². The number of anilines is 1. The standard InChI is InChI=1S/C11H9NO2/c1-9(14)5-6-10-3-2-4-11(7-10)12-8-13/h2-4,7-8H,1H3,(H,12,13). The van der Waals surface area contributed by atoms with Crippen LogP contribution in [0.2, 0.25) is 0 Å². The van der Waals surface area contributed by atoms with Gasteiger partial charge in [-0.2, -0.15) is 0 Å². The Kier molecular flexibility index (Phi) is 3.45. The maximum Gasteiger partial charge on any atom is 0.211 e. The molecule has 3 heteroatoms. The van der Waals surface area contributed by atoms with Crippen LogP contribution in [0.15, 0.2) is 24.3 Å². The third-order valence-electron chi connectivity index (χ3n) is 1.47. The number of rotatable bonds is 2. The molecule has 0 heterocycles. The maximum absolute atomic E-state index is 10.6. The largest absolute Gasteiger partial charge is 0.329 e. The van der Waals surface area contributed by atoms with E-state index in [1.807, 2.05) is 0 Å². The van der Waals surface area contributed by atoms with Crippen LogP contribution in [0.25, 0.3) is 0 Å². The predicted molar refractivity (Wildman–Crippen MR) is 53.7 cm³/mol. The molecule has 1 rings (SSSR count). The highest BCUT2D eigenvalue weighted by Crippen LogP contribution is 2.08. The highest BCUT2D eigenvalue weighted by atomic mass is 16.1. The molecule has 0 aliphatic rings. The molecule has 0 unspecified atom stereocenters. The Balaban J connectivity index is 2.90. The van der Waals surface area contributed by atoms with Gasteiger partial charge in [0.25, 0.3) is 0 Å². The molecule has 0 aliphatic heterocycles. The highest BCUT2D eigenvalue weighted by molar-refractivity contribution is 5.93. The van der Waals surface area contributed by atoms with Gasteiger partial charge in [-0.1, -0.05) is 12.0 Å². The summed E-state index contributed by atoms with van der Waals surface area (Å²) in [6.07, 6.45) is 0.595. The van der Waals surface area contributed by atoms with E-state index in [1.54, 1.807) is 24.3 Å². The van der Waals surface area contributed by atoms with Crippen molar-refractivity contribution >= 4 is 17.9 Å². The van der Waals surface area contributed by atoms with E-state index in [2.05, 4.69) is 17.2 Å². The lowest BCUT2D eigenvalue weighted by molar-refractivity contribution is -0.112. The number of carbonyl (C=O) groups is 2. The monoisotopic (exact) mass is 187 g/mol. The van der Waals surface area contributed by atoms with Gasteiger partial charge in [-0.25, -0.2) is 0 Å². The average molecular weight is 187 g/mol. The number of ketones is 1. The molecule has 0 saturated carbocycles. The first-order valence-corrected chi connectivity index (χ1v) is 4.05. The van der Waals surface area contributed by atoms with E-state index in [4.69, 9.17) is 0 Å². The first-order chi connectivity index (χ1) is 6.72. The van der Waals surface area contributed by atoms with Crippen LogP contribution in [-0.2, 0) is 9.59 Å². The van der Waals surface area contributed by atoms with E-state index in [1.165, 1.54) is 6.92 Å². The van der Waals surface area contributed by atoms with E-state index in [-0.39, 0.29) is 5.78 Å². The summed E-state index contributed by atoms with van der Waals surface area (Å²) in [4.78, 5) is 20.7. The molecule has 1 amide bonds. The van der Waals surface area contributed by atoms with Crippen molar-refractivity contribution in [2.45, 2.75) is 6.92 Å². The molecule has 0 aromatic heterocycles. The quantitative estimate of drug-likeness (QED) is 0.558. The van der Waals surface area contributed by atoms with Gasteiger partial charge in [0.05, 0.1) is 0 Å². The predicted octanol–water partition coefficient (Wildman–Crippen LogP) is 1.20. The molecule has 0 fully saturated rings. The van der Waals surface area contributed by atoms with Crippen LogP contribution in [0.1, 0.15) is 12.5 Å². The number of carbonyl (C=O) groups excluding carboxylic acids is 2. The maximum atomic E-state index is 10.6. The molecule has 1 N–H and O–H groups in total. The van der Waals surface area contributed by atoms with Gasteiger partial charge in [0.1, 0.15) is 0 Å². The molecule has 0 spiro atoms. The van der Waals surface area contributed by atoms with E-state index in [0.29, 0.717) is 17.7 Å². The highest BCUT2D eigenvalue weighted by Gasteiger charge is 1.91. The van der Waals surface area contributed by atoms with Crippen molar-refractivity contribution in [3.63, 3.8) is 0 Å². The number of Topliss-reactive ketones (excluding diaryl/α,β-unsaturated/α-hetero) is 1. The second kappa shape index (κ2) is 4.83. The van der Waals surface area contributed by atoms with Gasteiger partial charge in [-0.05, 0) is 24.1 Å². The van der Waals surface area contributed by atoms with Crippen molar-refractivity contribution in [2.24, 2.45) is 0 Å². The molecule has 1 aromatic carbocycles. The molecule has 0 atom stereocenters. The molecular weight excluding hydrogens is 178 g/mol. The first-order valence-electron chi connectivity index (χ1n) is 4.05. The fourth-order valence-electron chi connectivity index (χ4n) is 0.915. The second-order valence-electron chi connectivity index (χ2n) is 2.65. The zero-order valence-corrected chi connectivity index (χ0v) is 7.70. The van der Waals surface area contributed by atoms with Gasteiger partial charge < -0.3 is 5.32 Å². The van der Waals surface area contributed by atoms with Crippen molar-refractivity contribution < 1.29 is 9.59 Å². The van der Waals surface area contributed by atoms with Crippen molar-refractivity contribution in [3.05, 3.63) is 29.8 Å². The summed E-state index contributed by atoms with van der Waals surface area (Å²) in [5.41, 5.74) is 1.36. The van der Waals surface area contributed by atoms with Crippen LogP contribution >= 0.6 is 0 Å². The minimum Gasteiger partial charge on any atom is -0.329 e. The SMILES string of the molecule is CC(=O)C#Cc1cccc(NC=O)c1. The number of benzene rings is 1. The molecule has 0 bridgehead atoms. The topological polar surface area (TPSA) is 46.2 Å². The zero-order valence-electron chi connectivity index (χ0n) is 7.70. The minimum absolute atomic E-state index is 0.182. The van der Waals surface area contributed by atoms with Gasteiger partial charge in [0, 0.05) is 18.2 Å². The molecule has 0 saturated heterocycles. The molecule has 1 aromatic rings. The van der Waals surface area contributed by atoms with Crippen LogP contribution in [0.5, 0.6) is 0 Å². The normalized spacial score (nSPS) is 8.36. The fourth-order valence-corrected chi connectivity index (χ4v) is 0.915. The smallest absolute Gasteiger partial charge is 0.211 e. The lowest BCUT2D eigenvalue weighted by atomic mass is 10.2. The Morgan fingerprint density at radius 1 is 1.50 bits per heavy atom. The van der Waals surface area contributed by atoms with Gasteiger partial charge in [-0.15, -0.1) is 0 Å². The van der Waals surface area contributed by atoms with Gasteiger partial charge >= 0.3 is 0 Å². The summed E-state index contributed by atoms with van der Waals surface area (Å²) in [7, 11) is 0. The van der Waals surface area contributed by atoms with Gasteiger partial charge in [0.2, 0.25) is 12.2 Å². The van der Waals surface area contributed by atoms with Gasteiger partial charge in [-0.3, -0.25) is 9.59 Å². The van der Waals surface area contributed by atoms with E-state index >= 15 is 0 Å². The lowest BCUT2D eigenvalue weighted by Crippen LogP contribution is -1.93. The Morgan fingerprint density at radius 2 is 2.29 bits per heavy atom. The molecule has 14 heavy (non-hydrogen) atoms. The molecular formula is C11H9NO2. The fraction of sp³-hybridized carbons (Fsp3) is 0.0909. The van der Waals surface area contributed by atoms with Gasteiger partial charge in [0.15, 0.2) is 0 Å². The van der Waals surface area contributed by atoms with Crippen LogP contribution in [-0.4, -0.2) is 12.2 Å². The van der Waals surface area contributed by atoms with Crippen molar-refractivity contribution in [2.75, 3.05) is 5.32 Å². The van der Waals surface area contributed by atoms with Crippen LogP contribution in [0.3, 0.4) is 0 Å². The molecule has 0 radical (unpaired) electrons. The van der Waals surface area contributed by atoms with E-state index in [0.717, 1.165) is 0 Å². The average Bonchev–Trinajstić information content (AvgIpc) is 2.16. The summed E-state index contributed by atoms with van der Waals surface area (Å²) < 4.78 is 0. The number of hydrogen-bond acceptors (Lipinski definition) is 2. The summed E-state index contributed by atoms with van der Waals surface area (Å²) in [6, 6.07) is 6.97. The lowest BCUT2D eigenvalue weighted by Gasteiger charge is -1.97.